The summed E-state index contributed by atoms with van der Waals surface area (Å²) >= 11 is 0. The molecule has 0 aliphatic rings. The van der Waals surface area contributed by atoms with E-state index in [4.69, 9.17) is 4.74 Å². The number of rotatable bonds is 4. The van der Waals surface area contributed by atoms with Crippen molar-refractivity contribution in [3.63, 3.8) is 0 Å². The van der Waals surface area contributed by atoms with Gasteiger partial charge in [-0.3, -0.25) is 4.79 Å². The van der Waals surface area contributed by atoms with Gasteiger partial charge in [-0.15, -0.1) is 0 Å². The average Bonchev–Trinajstić information content (AvgIpc) is 2.50. The van der Waals surface area contributed by atoms with Crippen molar-refractivity contribution in [2.45, 2.75) is 13.8 Å². The second-order valence-corrected chi connectivity index (χ2v) is 4.82. The summed E-state index contributed by atoms with van der Waals surface area (Å²) in [5, 5.41) is 13.6. The van der Waals surface area contributed by atoms with E-state index in [-0.39, 0.29) is 5.56 Å². The highest BCUT2D eigenvalue weighted by molar-refractivity contribution is 5.95. The lowest BCUT2D eigenvalue weighted by molar-refractivity contribution is -0.605. The zero-order chi connectivity index (χ0) is 16.1. The number of benzene rings is 1. The van der Waals surface area contributed by atoms with Crippen LogP contribution in [0.3, 0.4) is 0 Å². The molecular weight excluding hydrogens is 284 g/mol. The average molecular weight is 300 g/mol. The van der Waals surface area contributed by atoms with Crippen LogP contribution in [0, 0.1) is 19.1 Å². The smallest absolute Gasteiger partial charge is 0.339 e. The van der Waals surface area contributed by atoms with Crippen LogP contribution >= 0.6 is 0 Å². The van der Waals surface area contributed by atoms with E-state index in [1.807, 2.05) is 26.0 Å². The van der Waals surface area contributed by atoms with E-state index in [0.29, 0.717) is 10.4 Å². The summed E-state index contributed by atoms with van der Waals surface area (Å²) in [6.45, 7) is 3.46. The molecule has 0 spiro atoms. The molecule has 114 valence electrons. The van der Waals surface area contributed by atoms with Crippen molar-refractivity contribution in [3.05, 3.63) is 64.6 Å². The molecule has 1 amide bonds. The van der Waals surface area contributed by atoms with Gasteiger partial charge in [0.2, 0.25) is 0 Å². The Balaban J connectivity index is 1.91. The summed E-state index contributed by atoms with van der Waals surface area (Å²) in [6.07, 6.45) is 2.37. The Morgan fingerprint density at radius 1 is 1.18 bits per heavy atom. The number of hydrogen-bond donors (Lipinski definition) is 1. The van der Waals surface area contributed by atoms with Crippen molar-refractivity contribution in [2.75, 3.05) is 11.9 Å². The van der Waals surface area contributed by atoms with Crippen LogP contribution in [-0.2, 0) is 9.53 Å². The van der Waals surface area contributed by atoms with Gasteiger partial charge in [-0.2, -0.15) is 4.73 Å². The standard InChI is InChI=1S/C16H16N2O4/c1-11-4-3-5-14(12(11)2)17-15(19)10-22-16(20)13-6-8-18(21)9-7-13/h3-9H,10H2,1-2H3,(H,17,19). The lowest BCUT2D eigenvalue weighted by Gasteiger charge is -2.10. The van der Waals surface area contributed by atoms with Crippen molar-refractivity contribution in [3.8, 4) is 0 Å². The molecule has 1 aromatic heterocycles. The molecule has 0 atom stereocenters. The lowest BCUT2D eigenvalue weighted by Crippen LogP contribution is -2.25. The lowest BCUT2D eigenvalue weighted by atomic mass is 10.1. The Labute approximate surface area is 127 Å². The fraction of sp³-hybridized carbons (Fsp3) is 0.188. The van der Waals surface area contributed by atoms with E-state index in [0.717, 1.165) is 11.1 Å². The van der Waals surface area contributed by atoms with Crippen LogP contribution in [0.15, 0.2) is 42.7 Å². The Kier molecular flexibility index (Phi) is 4.73. The van der Waals surface area contributed by atoms with E-state index >= 15 is 0 Å². The summed E-state index contributed by atoms with van der Waals surface area (Å²) in [5.74, 6) is -1.08. The third-order valence-electron chi connectivity index (χ3n) is 3.25. The molecule has 2 aromatic rings. The number of anilines is 1. The minimum Gasteiger partial charge on any atom is -0.619 e. The number of esters is 1. The zero-order valence-electron chi connectivity index (χ0n) is 12.3. The number of amides is 1. The molecule has 0 fully saturated rings. The van der Waals surface area contributed by atoms with E-state index in [1.54, 1.807) is 6.07 Å². The molecule has 22 heavy (non-hydrogen) atoms. The van der Waals surface area contributed by atoms with Gasteiger partial charge in [-0.1, -0.05) is 12.1 Å². The summed E-state index contributed by atoms with van der Waals surface area (Å²) in [5.41, 5.74) is 2.93. The number of pyridine rings is 1. The largest absolute Gasteiger partial charge is 0.619 e. The highest BCUT2D eigenvalue weighted by atomic mass is 16.5. The third-order valence-corrected chi connectivity index (χ3v) is 3.25. The van der Waals surface area contributed by atoms with Gasteiger partial charge >= 0.3 is 5.97 Å². The molecular formula is C16H16N2O4. The third kappa shape index (κ3) is 3.82. The molecule has 1 aromatic carbocycles. The zero-order valence-corrected chi connectivity index (χ0v) is 12.3. The highest BCUT2D eigenvalue weighted by Gasteiger charge is 2.12. The van der Waals surface area contributed by atoms with Gasteiger partial charge in [-0.25, -0.2) is 4.79 Å². The number of carbonyl (C=O) groups excluding carboxylic acids is 2. The van der Waals surface area contributed by atoms with Crippen molar-refractivity contribution < 1.29 is 19.1 Å². The monoisotopic (exact) mass is 300 g/mol. The first-order valence-corrected chi connectivity index (χ1v) is 6.69. The molecule has 2 rings (SSSR count). The van der Waals surface area contributed by atoms with E-state index in [2.05, 4.69) is 5.32 Å². The number of aryl methyl sites for hydroxylation is 1. The second kappa shape index (κ2) is 6.71. The number of aromatic nitrogens is 1. The van der Waals surface area contributed by atoms with Crippen molar-refractivity contribution >= 4 is 17.6 Å². The maximum atomic E-state index is 11.8. The summed E-state index contributed by atoms with van der Waals surface area (Å²) in [6, 6.07) is 8.23. The number of ether oxygens (including phenoxy) is 1. The SMILES string of the molecule is Cc1cccc(NC(=O)COC(=O)c2cc[n+]([O-])cc2)c1C. The fourth-order valence-corrected chi connectivity index (χ4v) is 1.84. The second-order valence-electron chi connectivity index (χ2n) is 4.82. The predicted octanol–water partition coefficient (Wildman–Crippen LogP) is 1.73. The van der Waals surface area contributed by atoms with Crippen LogP contribution in [0.4, 0.5) is 5.69 Å². The molecule has 6 nitrogen and oxygen atoms in total. The summed E-state index contributed by atoms with van der Waals surface area (Å²) in [4.78, 5) is 23.5. The minimum atomic E-state index is -0.656. The molecule has 1 heterocycles. The van der Waals surface area contributed by atoms with Crippen LogP contribution in [0.5, 0.6) is 0 Å². The Bertz CT molecular complexity index is 696. The predicted molar refractivity (Wildman–Crippen MR) is 80.2 cm³/mol. The Hall–Kier alpha value is -2.89. The number of hydrogen-bond acceptors (Lipinski definition) is 4. The van der Waals surface area contributed by atoms with Crippen LogP contribution < -0.4 is 10.0 Å². The van der Waals surface area contributed by atoms with E-state index in [1.165, 1.54) is 24.5 Å². The Morgan fingerprint density at radius 3 is 2.55 bits per heavy atom. The molecule has 0 radical (unpaired) electrons. The van der Waals surface area contributed by atoms with Gasteiger partial charge in [0.25, 0.3) is 5.91 Å². The number of nitrogens with zero attached hydrogens (tertiary/aromatic N) is 1. The number of carbonyl (C=O) groups is 2. The van der Waals surface area contributed by atoms with Gasteiger partial charge in [0.05, 0.1) is 5.56 Å². The molecule has 1 N–H and O–H groups in total. The van der Waals surface area contributed by atoms with Crippen molar-refractivity contribution in [1.82, 2.24) is 0 Å². The first-order chi connectivity index (χ1) is 10.5. The van der Waals surface area contributed by atoms with Gasteiger partial charge < -0.3 is 15.3 Å². The Morgan fingerprint density at radius 2 is 1.86 bits per heavy atom. The molecule has 0 saturated carbocycles. The highest BCUT2D eigenvalue weighted by Crippen LogP contribution is 2.17. The van der Waals surface area contributed by atoms with Crippen LogP contribution in [0.2, 0.25) is 0 Å². The van der Waals surface area contributed by atoms with Crippen LogP contribution in [0.1, 0.15) is 21.5 Å². The molecule has 6 heteroatoms. The molecule has 0 aliphatic heterocycles. The minimum absolute atomic E-state index is 0.214. The quantitative estimate of drug-likeness (QED) is 0.529. The maximum absolute atomic E-state index is 11.8. The summed E-state index contributed by atoms with van der Waals surface area (Å²) in [7, 11) is 0. The number of nitrogens with one attached hydrogen (secondary N) is 1. The first kappa shape index (κ1) is 15.5. The first-order valence-electron chi connectivity index (χ1n) is 6.69. The topological polar surface area (TPSA) is 82.3 Å². The molecule has 0 aliphatic carbocycles. The molecule has 0 saturated heterocycles. The van der Waals surface area contributed by atoms with Crippen molar-refractivity contribution in [1.29, 1.82) is 0 Å². The van der Waals surface area contributed by atoms with E-state index < -0.39 is 18.5 Å². The summed E-state index contributed by atoms with van der Waals surface area (Å²) < 4.78 is 5.47. The van der Waals surface area contributed by atoms with E-state index in [9.17, 15) is 14.8 Å². The van der Waals surface area contributed by atoms with Gasteiger partial charge in [0.15, 0.2) is 19.0 Å². The van der Waals surface area contributed by atoms with Crippen molar-refractivity contribution in [2.24, 2.45) is 0 Å². The van der Waals surface area contributed by atoms with Crippen LogP contribution in [0.25, 0.3) is 0 Å². The fourth-order valence-electron chi connectivity index (χ4n) is 1.84. The van der Waals surface area contributed by atoms with Gasteiger partial charge in [0, 0.05) is 17.8 Å². The van der Waals surface area contributed by atoms with Crippen LogP contribution in [-0.4, -0.2) is 18.5 Å². The molecule has 0 bridgehead atoms. The normalized spacial score (nSPS) is 10.1. The molecule has 0 unspecified atom stereocenters. The van der Waals surface area contributed by atoms with Gasteiger partial charge in [0.1, 0.15) is 0 Å². The maximum Gasteiger partial charge on any atom is 0.339 e. The van der Waals surface area contributed by atoms with Gasteiger partial charge in [-0.05, 0) is 31.0 Å².